The minimum absolute atomic E-state index is 0.252. The second kappa shape index (κ2) is 4.61. The van der Waals surface area contributed by atoms with Crippen molar-refractivity contribution in [2.75, 3.05) is 0 Å². The van der Waals surface area contributed by atoms with Gasteiger partial charge in [0.1, 0.15) is 5.82 Å². The van der Waals surface area contributed by atoms with Crippen LogP contribution in [0.5, 0.6) is 0 Å². The van der Waals surface area contributed by atoms with Gasteiger partial charge in [-0.3, -0.25) is 0 Å². The average molecular weight is 241 g/mol. The van der Waals surface area contributed by atoms with Gasteiger partial charge in [-0.2, -0.15) is 4.98 Å². The normalized spacial score (nSPS) is 12.7. The molecule has 0 radical (unpaired) electrons. The molecule has 0 aliphatic rings. The molecule has 5 heteroatoms. The van der Waals surface area contributed by atoms with Crippen molar-refractivity contribution < 1.29 is 8.91 Å². The summed E-state index contributed by atoms with van der Waals surface area (Å²) in [6.45, 7) is 1.94. The van der Waals surface area contributed by atoms with Crippen LogP contribution in [0.1, 0.15) is 24.5 Å². The molecule has 0 spiro atoms. The van der Waals surface area contributed by atoms with E-state index in [1.54, 1.807) is 12.1 Å². The molecule has 2 rings (SSSR count). The summed E-state index contributed by atoms with van der Waals surface area (Å²) in [5.74, 6) is 0.518. The highest BCUT2D eigenvalue weighted by Gasteiger charge is 2.14. The zero-order valence-corrected chi connectivity index (χ0v) is 9.41. The number of aromatic nitrogens is 2. The average Bonchev–Trinajstić information content (AvgIpc) is 2.78. The smallest absolute Gasteiger partial charge is 0.257 e. The van der Waals surface area contributed by atoms with Crippen molar-refractivity contribution in [3.8, 4) is 11.5 Å². The quantitative estimate of drug-likeness (QED) is 0.770. The van der Waals surface area contributed by atoms with Crippen LogP contribution in [-0.4, -0.2) is 10.1 Å². The summed E-state index contributed by atoms with van der Waals surface area (Å²) >= 11 is 5.97. The van der Waals surface area contributed by atoms with Gasteiger partial charge >= 0.3 is 0 Å². The van der Waals surface area contributed by atoms with Crippen LogP contribution in [0.4, 0.5) is 4.39 Å². The van der Waals surface area contributed by atoms with Crippen molar-refractivity contribution in [2.24, 2.45) is 0 Å². The first-order valence-corrected chi connectivity index (χ1v) is 5.38. The number of nitrogens with zero attached hydrogens (tertiary/aromatic N) is 2. The minimum atomic E-state index is -0.299. The second-order valence-electron chi connectivity index (χ2n) is 3.34. The summed E-state index contributed by atoms with van der Waals surface area (Å²) in [5, 5.41) is 3.52. The van der Waals surface area contributed by atoms with Gasteiger partial charge in [-0.25, -0.2) is 4.39 Å². The molecule has 0 aliphatic carbocycles. The number of halogens is 2. The summed E-state index contributed by atoms with van der Waals surface area (Å²) in [6, 6.07) is 5.86. The van der Waals surface area contributed by atoms with Crippen LogP contribution < -0.4 is 0 Å². The first-order chi connectivity index (χ1) is 7.70. The Balaban J connectivity index is 2.28. The van der Waals surface area contributed by atoms with Gasteiger partial charge in [0, 0.05) is 5.56 Å². The molecule has 84 valence electrons. The van der Waals surface area contributed by atoms with Crippen LogP contribution in [0, 0.1) is 5.82 Å². The monoisotopic (exact) mass is 240 g/mol. The summed E-state index contributed by atoms with van der Waals surface area (Å²) in [5.41, 5.74) is 0.681. The third kappa shape index (κ3) is 2.22. The van der Waals surface area contributed by atoms with Crippen molar-refractivity contribution in [3.63, 3.8) is 0 Å². The van der Waals surface area contributed by atoms with Gasteiger partial charge in [-0.1, -0.05) is 12.1 Å². The largest absolute Gasteiger partial charge is 0.334 e. The van der Waals surface area contributed by atoms with Gasteiger partial charge in [-0.05, 0) is 30.7 Å². The van der Waals surface area contributed by atoms with E-state index >= 15 is 0 Å². The van der Waals surface area contributed by atoms with E-state index in [4.69, 9.17) is 16.1 Å². The number of alkyl halides is 1. The van der Waals surface area contributed by atoms with Crippen molar-refractivity contribution in [2.45, 2.75) is 18.7 Å². The molecule has 0 N–H and O–H groups in total. The maximum absolute atomic E-state index is 12.7. The summed E-state index contributed by atoms with van der Waals surface area (Å²) in [4.78, 5) is 4.15. The maximum Gasteiger partial charge on any atom is 0.257 e. The van der Waals surface area contributed by atoms with Crippen LogP contribution in [0.3, 0.4) is 0 Å². The van der Waals surface area contributed by atoms with Gasteiger partial charge in [0.2, 0.25) is 0 Å². The van der Waals surface area contributed by atoms with E-state index < -0.39 is 0 Å². The lowest BCUT2D eigenvalue weighted by Crippen LogP contribution is -1.90. The van der Waals surface area contributed by atoms with Gasteiger partial charge < -0.3 is 4.52 Å². The molecule has 0 bridgehead atoms. The fourth-order valence-corrected chi connectivity index (χ4v) is 1.34. The van der Waals surface area contributed by atoms with Crippen LogP contribution in [0.2, 0.25) is 0 Å². The van der Waals surface area contributed by atoms with Crippen molar-refractivity contribution in [3.05, 3.63) is 35.9 Å². The van der Waals surface area contributed by atoms with Crippen LogP contribution in [0.15, 0.2) is 28.8 Å². The zero-order valence-electron chi connectivity index (χ0n) is 8.65. The molecular weight excluding hydrogens is 231 g/mol. The molecule has 1 aromatic heterocycles. The SMILES string of the molecule is CCC(Cl)c1noc(-c2ccc(F)cc2)n1. The topological polar surface area (TPSA) is 38.9 Å². The van der Waals surface area contributed by atoms with E-state index in [2.05, 4.69) is 10.1 Å². The van der Waals surface area contributed by atoms with Crippen LogP contribution in [0.25, 0.3) is 11.5 Å². The molecule has 1 atom stereocenters. The van der Waals surface area contributed by atoms with E-state index in [9.17, 15) is 4.39 Å². The minimum Gasteiger partial charge on any atom is -0.334 e. The van der Waals surface area contributed by atoms with Crippen molar-refractivity contribution >= 4 is 11.6 Å². The van der Waals surface area contributed by atoms with Gasteiger partial charge in [0.15, 0.2) is 5.82 Å². The van der Waals surface area contributed by atoms with Crippen molar-refractivity contribution in [1.82, 2.24) is 10.1 Å². The van der Waals surface area contributed by atoms with E-state index in [1.807, 2.05) is 6.92 Å². The molecule has 0 aliphatic heterocycles. The third-order valence-corrected chi connectivity index (χ3v) is 2.68. The summed E-state index contributed by atoms with van der Waals surface area (Å²) < 4.78 is 17.7. The fraction of sp³-hybridized carbons (Fsp3) is 0.273. The Labute approximate surface area is 97.2 Å². The summed E-state index contributed by atoms with van der Waals surface area (Å²) in [6.07, 6.45) is 0.726. The first kappa shape index (κ1) is 11.1. The zero-order chi connectivity index (χ0) is 11.5. The first-order valence-electron chi connectivity index (χ1n) is 4.94. The highest BCUT2D eigenvalue weighted by Crippen LogP contribution is 2.24. The van der Waals surface area contributed by atoms with E-state index in [0.29, 0.717) is 17.3 Å². The Hall–Kier alpha value is -1.42. The molecule has 0 saturated heterocycles. The lowest BCUT2D eigenvalue weighted by molar-refractivity contribution is 0.421. The molecule has 2 aromatic rings. The van der Waals surface area contributed by atoms with Gasteiger partial charge in [0.05, 0.1) is 5.38 Å². The lowest BCUT2D eigenvalue weighted by atomic mass is 10.2. The predicted octanol–water partition coefficient (Wildman–Crippen LogP) is 3.57. The highest BCUT2D eigenvalue weighted by molar-refractivity contribution is 6.20. The Morgan fingerprint density at radius 3 is 2.69 bits per heavy atom. The maximum atomic E-state index is 12.7. The lowest BCUT2D eigenvalue weighted by Gasteiger charge is -1.96. The molecule has 0 amide bonds. The van der Waals surface area contributed by atoms with Crippen LogP contribution >= 0.6 is 11.6 Å². The molecule has 3 nitrogen and oxygen atoms in total. The predicted molar refractivity (Wildman–Crippen MR) is 58.6 cm³/mol. The fourth-order valence-electron chi connectivity index (χ4n) is 1.25. The number of rotatable bonds is 3. The van der Waals surface area contributed by atoms with Crippen molar-refractivity contribution in [1.29, 1.82) is 0 Å². The Morgan fingerprint density at radius 1 is 1.38 bits per heavy atom. The molecule has 1 unspecified atom stereocenters. The Morgan fingerprint density at radius 2 is 2.06 bits per heavy atom. The number of benzene rings is 1. The third-order valence-electron chi connectivity index (χ3n) is 2.17. The molecule has 1 heterocycles. The number of hydrogen-bond donors (Lipinski definition) is 0. The van der Waals surface area contributed by atoms with Gasteiger partial charge in [-0.15, -0.1) is 11.6 Å². The second-order valence-corrected chi connectivity index (χ2v) is 3.87. The van der Waals surface area contributed by atoms with Crippen LogP contribution in [-0.2, 0) is 0 Å². The highest BCUT2D eigenvalue weighted by atomic mass is 35.5. The molecule has 1 aromatic carbocycles. The standard InChI is InChI=1S/C11H10ClFN2O/c1-2-9(12)10-14-11(16-15-10)7-3-5-8(13)6-4-7/h3-6,9H,2H2,1H3. The van der Waals surface area contributed by atoms with E-state index in [-0.39, 0.29) is 11.2 Å². The van der Waals surface area contributed by atoms with Gasteiger partial charge in [0.25, 0.3) is 5.89 Å². The molecular formula is C11H10ClFN2O. The Bertz CT molecular complexity index is 469. The molecule has 16 heavy (non-hydrogen) atoms. The van der Waals surface area contributed by atoms with E-state index in [1.165, 1.54) is 12.1 Å². The van der Waals surface area contributed by atoms with E-state index in [0.717, 1.165) is 6.42 Å². The molecule has 0 fully saturated rings. The number of hydrogen-bond acceptors (Lipinski definition) is 3. The Kier molecular flexibility index (Phi) is 3.19. The molecule has 0 saturated carbocycles. The summed E-state index contributed by atoms with van der Waals surface area (Å²) in [7, 11) is 0.